The highest BCUT2D eigenvalue weighted by atomic mass is 35.5. The monoisotopic (exact) mass is 279 g/mol. The van der Waals surface area contributed by atoms with Crippen molar-refractivity contribution in [2.75, 3.05) is 5.88 Å². The van der Waals surface area contributed by atoms with Crippen molar-refractivity contribution in [1.29, 1.82) is 0 Å². The van der Waals surface area contributed by atoms with Gasteiger partial charge in [-0.25, -0.2) is 0 Å². The lowest BCUT2D eigenvalue weighted by Gasteiger charge is -2.19. The van der Waals surface area contributed by atoms with Gasteiger partial charge in [0.25, 0.3) is 0 Å². The van der Waals surface area contributed by atoms with E-state index in [0.717, 1.165) is 6.07 Å². The summed E-state index contributed by atoms with van der Waals surface area (Å²) < 4.78 is 37.5. The van der Waals surface area contributed by atoms with Gasteiger partial charge >= 0.3 is 6.18 Å². The lowest BCUT2D eigenvalue weighted by molar-refractivity contribution is -0.137. The Morgan fingerprint density at radius 3 is 2.50 bits per heavy atom. The Morgan fingerprint density at radius 2 is 1.94 bits per heavy atom. The molecule has 0 radical (unpaired) electrons. The van der Waals surface area contributed by atoms with Gasteiger partial charge in [-0.1, -0.05) is 25.1 Å². The van der Waals surface area contributed by atoms with Crippen LogP contribution in [0, 0.1) is 5.92 Å². The maximum atomic E-state index is 12.5. The second-order valence-electron chi connectivity index (χ2n) is 4.50. The molecule has 1 aromatic carbocycles. The minimum Gasteiger partial charge on any atom is -0.310 e. The van der Waals surface area contributed by atoms with E-state index in [0.29, 0.717) is 18.0 Å². The Bertz CT molecular complexity index is 379. The zero-order valence-corrected chi connectivity index (χ0v) is 11.1. The van der Waals surface area contributed by atoms with E-state index >= 15 is 0 Å². The molecule has 1 aromatic rings. The molecule has 0 fully saturated rings. The first-order valence-corrected chi connectivity index (χ1v) is 6.33. The molecule has 0 bridgehead atoms. The molecule has 1 nitrogen and oxygen atoms in total. The highest BCUT2D eigenvalue weighted by Gasteiger charge is 2.30. The molecule has 102 valence electrons. The van der Waals surface area contributed by atoms with Crippen molar-refractivity contribution >= 4 is 11.6 Å². The van der Waals surface area contributed by atoms with Crippen molar-refractivity contribution in [3.05, 3.63) is 35.4 Å². The first kappa shape index (κ1) is 15.3. The Kier molecular flexibility index (Phi) is 5.47. The topological polar surface area (TPSA) is 12.0 Å². The van der Waals surface area contributed by atoms with Crippen LogP contribution in [0.2, 0.25) is 0 Å². The third kappa shape index (κ3) is 4.50. The molecule has 0 saturated carbocycles. The van der Waals surface area contributed by atoms with Crippen LogP contribution in [0.1, 0.15) is 25.0 Å². The van der Waals surface area contributed by atoms with Crippen molar-refractivity contribution in [2.45, 2.75) is 32.6 Å². The van der Waals surface area contributed by atoms with Crippen molar-refractivity contribution in [3.8, 4) is 0 Å². The molecule has 0 aliphatic heterocycles. The normalized spacial score (nSPS) is 15.4. The highest BCUT2D eigenvalue weighted by molar-refractivity contribution is 6.18. The predicted molar refractivity (Wildman–Crippen MR) is 67.6 cm³/mol. The van der Waals surface area contributed by atoms with Gasteiger partial charge in [0.2, 0.25) is 0 Å². The average molecular weight is 280 g/mol. The number of nitrogens with one attached hydrogen (secondary N) is 1. The zero-order chi connectivity index (χ0) is 13.8. The number of hydrogen-bond donors (Lipinski definition) is 1. The van der Waals surface area contributed by atoms with Gasteiger partial charge in [0.1, 0.15) is 0 Å². The van der Waals surface area contributed by atoms with Crippen LogP contribution in [0.4, 0.5) is 13.2 Å². The van der Waals surface area contributed by atoms with Crippen LogP contribution in [0.15, 0.2) is 24.3 Å². The van der Waals surface area contributed by atoms with Crippen LogP contribution in [0.5, 0.6) is 0 Å². The molecule has 0 aliphatic carbocycles. The second-order valence-corrected chi connectivity index (χ2v) is 4.81. The largest absolute Gasteiger partial charge is 0.416 e. The number of rotatable bonds is 5. The van der Waals surface area contributed by atoms with Gasteiger partial charge < -0.3 is 5.32 Å². The van der Waals surface area contributed by atoms with E-state index in [1.165, 1.54) is 12.1 Å². The summed E-state index contributed by atoms with van der Waals surface area (Å²) in [4.78, 5) is 0. The molecule has 5 heteroatoms. The van der Waals surface area contributed by atoms with Gasteiger partial charge in [-0.2, -0.15) is 13.2 Å². The fourth-order valence-electron chi connectivity index (χ4n) is 1.47. The predicted octanol–water partition coefficient (Wildman–Crippen LogP) is 4.06. The second kappa shape index (κ2) is 6.43. The fourth-order valence-corrected chi connectivity index (χ4v) is 1.74. The minimum atomic E-state index is -4.29. The summed E-state index contributed by atoms with van der Waals surface area (Å²) in [6, 6.07) is 5.52. The van der Waals surface area contributed by atoms with E-state index in [4.69, 9.17) is 11.6 Å². The van der Waals surface area contributed by atoms with E-state index in [-0.39, 0.29) is 12.0 Å². The van der Waals surface area contributed by atoms with E-state index < -0.39 is 11.7 Å². The zero-order valence-electron chi connectivity index (χ0n) is 10.4. The van der Waals surface area contributed by atoms with Gasteiger partial charge in [-0.15, -0.1) is 11.6 Å². The molecule has 0 heterocycles. The Hall–Kier alpha value is -0.740. The maximum absolute atomic E-state index is 12.5. The summed E-state index contributed by atoms with van der Waals surface area (Å²) in [7, 11) is 0. The first-order chi connectivity index (χ1) is 8.34. The minimum absolute atomic E-state index is 0.164. The summed E-state index contributed by atoms with van der Waals surface area (Å²) in [5.41, 5.74) is 0.0123. The number of hydrogen-bond acceptors (Lipinski definition) is 1. The molecular formula is C13H17ClF3N. The molecule has 0 aromatic heterocycles. The molecule has 1 rings (SSSR count). The summed E-state index contributed by atoms with van der Waals surface area (Å²) >= 11 is 5.72. The molecule has 1 N–H and O–H groups in total. The SMILES string of the molecule is CC(CCl)C(C)NCc1cccc(C(F)(F)F)c1. The van der Waals surface area contributed by atoms with Gasteiger partial charge in [0, 0.05) is 18.5 Å². The third-order valence-corrected chi connectivity index (χ3v) is 3.47. The van der Waals surface area contributed by atoms with E-state index in [1.807, 2.05) is 13.8 Å². The number of alkyl halides is 4. The number of halogens is 4. The fraction of sp³-hybridized carbons (Fsp3) is 0.538. The Labute approximate surface area is 110 Å². The lowest BCUT2D eigenvalue weighted by atomic mass is 10.1. The quantitative estimate of drug-likeness (QED) is 0.802. The molecular weight excluding hydrogens is 263 g/mol. The Morgan fingerprint density at radius 1 is 1.28 bits per heavy atom. The standard InChI is InChI=1S/C13H17ClF3N/c1-9(7-14)10(2)18-8-11-4-3-5-12(6-11)13(15,16)17/h3-6,9-10,18H,7-8H2,1-2H3. The van der Waals surface area contributed by atoms with Crippen LogP contribution in [0.3, 0.4) is 0 Å². The van der Waals surface area contributed by atoms with Crippen molar-refractivity contribution in [3.63, 3.8) is 0 Å². The van der Waals surface area contributed by atoms with Gasteiger partial charge in [0.15, 0.2) is 0 Å². The van der Waals surface area contributed by atoms with Crippen LogP contribution < -0.4 is 5.32 Å². The summed E-state index contributed by atoms with van der Waals surface area (Å²) in [6.45, 7) is 4.38. The maximum Gasteiger partial charge on any atom is 0.416 e. The molecule has 0 spiro atoms. The average Bonchev–Trinajstić information content (AvgIpc) is 2.34. The molecule has 2 unspecified atom stereocenters. The van der Waals surface area contributed by atoms with Crippen LogP contribution in [0.25, 0.3) is 0 Å². The Balaban J connectivity index is 2.63. The molecule has 18 heavy (non-hydrogen) atoms. The van der Waals surface area contributed by atoms with Gasteiger partial charge in [-0.05, 0) is 24.5 Å². The van der Waals surface area contributed by atoms with Crippen molar-refractivity contribution < 1.29 is 13.2 Å². The number of benzene rings is 1. The lowest BCUT2D eigenvalue weighted by Crippen LogP contribution is -2.32. The summed E-state index contributed by atoms with van der Waals surface area (Å²) in [6.07, 6.45) is -4.29. The van der Waals surface area contributed by atoms with E-state index in [2.05, 4.69) is 5.32 Å². The van der Waals surface area contributed by atoms with Crippen molar-refractivity contribution in [1.82, 2.24) is 5.32 Å². The van der Waals surface area contributed by atoms with E-state index in [9.17, 15) is 13.2 Å². The summed E-state index contributed by atoms with van der Waals surface area (Å²) in [5.74, 6) is 0.800. The van der Waals surface area contributed by atoms with Crippen molar-refractivity contribution in [2.24, 2.45) is 5.92 Å². The highest BCUT2D eigenvalue weighted by Crippen LogP contribution is 2.29. The molecule has 0 amide bonds. The third-order valence-electron chi connectivity index (χ3n) is 2.98. The van der Waals surface area contributed by atoms with Gasteiger partial charge in [-0.3, -0.25) is 0 Å². The molecule has 2 atom stereocenters. The van der Waals surface area contributed by atoms with Gasteiger partial charge in [0.05, 0.1) is 5.56 Å². The first-order valence-electron chi connectivity index (χ1n) is 5.80. The summed E-state index contributed by atoms with van der Waals surface area (Å²) in [5, 5.41) is 3.18. The molecule has 0 aliphatic rings. The molecule has 0 saturated heterocycles. The van der Waals surface area contributed by atoms with Crippen LogP contribution in [-0.4, -0.2) is 11.9 Å². The van der Waals surface area contributed by atoms with E-state index in [1.54, 1.807) is 6.07 Å². The van der Waals surface area contributed by atoms with Crippen LogP contribution >= 0.6 is 11.6 Å². The van der Waals surface area contributed by atoms with Crippen LogP contribution in [-0.2, 0) is 12.7 Å². The smallest absolute Gasteiger partial charge is 0.310 e.